The number of aryl methyl sites for hydroxylation is 2. The third kappa shape index (κ3) is 2.62. The number of carbonyl (C=O) groups excluding carboxylic acids is 1. The molecule has 1 aromatic heterocycles. The Morgan fingerprint density at radius 3 is 2.75 bits per heavy atom. The Morgan fingerprint density at radius 2 is 2.20 bits per heavy atom. The lowest BCUT2D eigenvalue weighted by Crippen LogP contribution is -2.14. The normalized spacial score (nSPS) is 10.6. The van der Waals surface area contributed by atoms with E-state index in [1.807, 2.05) is 14.0 Å². The molecule has 0 bridgehead atoms. The number of carbonyl (C=O) groups is 1. The average molecular weight is 339 g/mol. The first-order valence-corrected chi connectivity index (χ1v) is 6.70. The van der Waals surface area contributed by atoms with Crippen molar-refractivity contribution in [3.63, 3.8) is 0 Å². The van der Waals surface area contributed by atoms with Gasteiger partial charge in [-0.25, -0.2) is 0 Å². The highest BCUT2D eigenvalue weighted by atomic mass is 79.9. The summed E-state index contributed by atoms with van der Waals surface area (Å²) in [5, 5.41) is 4.27. The van der Waals surface area contributed by atoms with Gasteiger partial charge in [-0.15, -0.1) is 0 Å². The van der Waals surface area contributed by atoms with Crippen LogP contribution in [0.5, 0.6) is 5.75 Å². The molecule has 0 spiro atoms. The Labute approximate surface area is 124 Å². The third-order valence-electron chi connectivity index (χ3n) is 2.93. The monoisotopic (exact) mass is 338 g/mol. The van der Waals surface area contributed by atoms with Gasteiger partial charge in [-0.1, -0.05) is 6.07 Å². The number of para-hydroxylation sites is 1. The summed E-state index contributed by atoms with van der Waals surface area (Å²) in [6.45, 7) is 2.12. The predicted octanol–water partition coefficient (Wildman–Crippen LogP) is 1.75. The highest BCUT2D eigenvalue weighted by Gasteiger charge is 2.15. The zero-order valence-corrected chi connectivity index (χ0v) is 12.8. The van der Waals surface area contributed by atoms with Crippen LogP contribution in [0.15, 0.2) is 22.7 Å². The first kappa shape index (κ1) is 14.4. The lowest BCUT2D eigenvalue weighted by molar-refractivity contribution is 0.0996. The second-order valence-corrected chi connectivity index (χ2v) is 5.14. The van der Waals surface area contributed by atoms with Crippen LogP contribution in [0.1, 0.15) is 21.7 Å². The van der Waals surface area contributed by atoms with Crippen LogP contribution in [-0.4, -0.2) is 15.7 Å². The van der Waals surface area contributed by atoms with Gasteiger partial charge in [-0.3, -0.25) is 9.48 Å². The van der Waals surface area contributed by atoms with E-state index in [1.54, 1.807) is 22.9 Å². The van der Waals surface area contributed by atoms with E-state index < -0.39 is 5.91 Å². The number of halogens is 1. The molecule has 6 nitrogen and oxygen atoms in total. The van der Waals surface area contributed by atoms with Crippen molar-refractivity contribution in [1.29, 1.82) is 0 Å². The first-order valence-electron chi connectivity index (χ1n) is 5.91. The Morgan fingerprint density at radius 1 is 1.50 bits per heavy atom. The van der Waals surface area contributed by atoms with Crippen molar-refractivity contribution in [1.82, 2.24) is 9.78 Å². The molecule has 1 heterocycles. The van der Waals surface area contributed by atoms with E-state index >= 15 is 0 Å². The maximum absolute atomic E-state index is 11.4. The number of aromatic nitrogens is 2. The van der Waals surface area contributed by atoms with Crippen LogP contribution in [0.3, 0.4) is 0 Å². The number of rotatable bonds is 4. The van der Waals surface area contributed by atoms with Crippen molar-refractivity contribution >= 4 is 27.5 Å². The number of hydrogen-bond acceptors (Lipinski definition) is 4. The molecule has 0 fully saturated rings. The van der Waals surface area contributed by atoms with Crippen LogP contribution in [0.25, 0.3) is 0 Å². The number of nitrogens with zero attached hydrogens (tertiary/aromatic N) is 2. The molecule has 20 heavy (non-hydrogen) atoms. The summed E-state index contributed by atoms with van der Waals surface area (Å²) in [5.74, 6) is -0.279. The number of hydrogen-bond donors (Lipinski definition) is 2. The second kappa shape index (κ2) is 5.54. The van der Waals surface area contributed by atoms with Gasteiger partial charge >= 0.3 is 0 Å². The van der Waals surface area contributed by atoms with Gasteiger partial charge in [0.25, 0.3) is 5.91 Å². The van der Waals surface area contributed by atoms with Gasteiger partial charge in [-0.05, 0) is 35.0 Å². The van der Waals surface area contributed by atoms with Crippen molar-refractivity contribution in [3.8, 4) is 5.75 Å². The van der Waals surface area contributed by atoms with E-state index in [-0.39, 0.29) is 12.2 Å². The second-order valence-electron chi connectivity index (χ2n) is 4.35. The van der Waals surface area contributed by atoms with Crippen LogP contribution in [-0.2, 0) is 13.7 Å². The van der Waals surface area contributed by atoms with E-state index in [0.29, 0.717) is 11.4 Å². The molecule has 106 valence electrons. The quantitative estimate of drug-likeness (QED) is 0.830. The Balaban J connectivity index is 2.30. The Bertz CT molecular complexity index is 667. The van der Waals surface area contributed by atoms with E-state index in [1.165, 1.54) is 0 Å². The summed E-state index contributed by atoms with van der Waals surface area (Å²) >= 11 is 3.45. The zero-order valence-electron chi connectivity index (χ0n) is 11.2. The minimum atomic E-state index is -0.576. The maximum Gasteiger partial charge on any atom is 0.252 e. The van der Waals surface area contributed by atoms with E-state index in [0.717, 1.165) is 15.9 Å². The van der Waals surface area contributed by atoms with Gasteiger partial charge in [-0.2, -0.15) is 5.10 Å². The molecule has 0 saturated carbocycles. The van der Waals surface area contributed by atoms with Crippen LogP contribution in [0.2, 0.25) is 0 Å². The number of ether oxygens (including phenoxy) is 1. The van der Waals surface area contributed by atoms with Crippen molar-refractivity contribution < 1.29 is 9.53 Å². The average Bonchev–Trinajstić information content (AvgIpc) is 2.62. The highest BCUT2D eigenvalue weighted by Crippen LogP contribution is 2.28. The molecular formula is C13H15BrN4O2. The third-order valence-corrected chi connectivity index (χ3v) is 3.96. The molecule has 0 saturated heterocycles. The van der Waals surface area contributed by atoms with Gasteiger partial charge in [0.1, 0.15) is 6.61 Å². The molecule has 1 aromatic carbocycles. The molecular weight excluding hydrogens is 324 g/mol. The summed E-state index contributed by atoms with van der Waals surface area (Å²) in [4.78, 5) is 11.4. The molecule has 2 rings (SSSR count). The molecule has 7 heteroatoms. The van der Waals surface area contributed by atoms with Gasteiger partial charge in [0.05, 0.1) is 27.1 Å². The van der Waals surface area contributed by atoms with Crippen molar-refractivity contribution in [3.05, 3.63) is 39.6 Å². The minimum absolute atomic E-state index is 0.229. The van der Waals surface area contributed by atoms with Crippen LogP contribution >= 0.6 is 15.9 Å². The molecule has 4 N–H and O–H groups in total. The summed E-state index contributed by atoms with van der Waals surface area (Å²) < 4.78 is 8.25. The number of benzene rings is 1. The molecule has 0 aliphatic heterocycles. The fraction of sp³-hybridized carbons (Fsp3) is 0.231. The standard InChI is InChI=1S/C13H15BrN4O2/c1-7-11(14)10(18(2)17-7)6-20-12-8(13(16)19)4-3-5-9(12)15/h3-5H,6,15H2,1-2H3,(H2,16,19). The maximum atomic E-state index is 11.4. The highest BCUT2D eigenvalue weighted by molar-refractivity contribution is 9.10. The topological polar surface area (TPSA) is 96.2 Å². The van der Waals surface area contributed by atoms with E-state index in [4.69, 9.17) is 16.2 Å². The van der Waals surface area contributed by atoms with E-state index in [9.17, 15) is 4.79 Å². The number of anilines is 1. The minimum Gasteiger partial charge on any atom is -0.484 e. The van der Waals surface area contributed by atoms with Crippen LogP contribution in [0.4, 0.5) is 5.69 Å². The van der Waals surface area contributed by atoms with Gasteiger partial charge in [0, 0.05) is 7.05 Å². The SMILES string of the molecule is Cc1nn(C)c(COc2c(N)cccc2C(N)=O)c1Br. The zero-order chi connectivity index (χ0) is 14.9. The molecule has 1 amide bonds. The smallest absolute Gasteiger partial charge is 0.252 e. The Hall–Kier alpha value is -2.02. The number of nitrogens with two attached hydrogens (primary N) is 2. The number of amides is 1. The molecule has 2 aromatic rings. The van der Waals surface area contributed by atoms with Crippen molar-refractivity contribution in [2.75, 3.05) is 5.73 Å². The lowest BCUT2D eigenvalue weighted by atomic mass is 10.1. The van der Waals surface area contributed by atoms with Crippen LogP contribution < -0.4 is 16.2 Å². The molecule has 0 aliphatic rings. The largest absolute Gasteiger partial charge is 0.484 e. The van der Waals surface area contributed by atoms with Crippen molar-refractivity contribution in [2.45, 2.75) is 13.5 Å². The summed E-state index contributed by atoms with van der Waals surface area (Å²) in [6, 6.07) is 4.90. The fourth-order valence-corrected chi connectivity index (χ4v) is 2.34. The number of nitrogen functional groups attached to an aromatic ring is 1. The molecule has 0 atom stereocenters. The predicted molar refractivity (Wildman–Crippen MR) is 79.3 cm³/mol. The van der Waals surface area contributed by atoms with Gasteiger partial charge in [0.2, 0.25) is 0 Å². The van der Waals surface area contributed by atoms with Gasteiger partial charge < -0.3 is 16.2 Å². The molecule has 0 aliphatic carbocycles. The summed E-state index contributed by atoms with van der Waals surface area (Å²) in [7, 11) is 1.82. The number of primary amides is 1. The summed E-state index contributed by atoms with van der Waals surface area (Å²) in [6.07, 6.45) is 0. The summed E-state index contributed by atoms with van der Waals surface area (Å²) in [5.41, 5.74) is 13.5. The molecule has 0 radical (unpaired) electrons. The first-order chi connectivity index (χ1) is 9.41. The van der Waals surface area contributed by atoms with Gasteiger partial charge in [0.15, 0.2) is 5.75 Å². The lowest BCUT2D eigenvalue weighted by Gasteiger charge is -2.12. The van der Waals surface area contributed by atoms with Crippen LogP contribution in [0, 0.1) is 6.92 Å². The molecule has 0 unspecified atom stereocenters. The van der Waals surface area contributed by atoms with Crippen molar-refractivity contribution in [2.24, 2.45) is 12.8 Å². The fourth-order valence-electron chi connectivity index (χ4n) is 1.89. The Kier molecular flexibility index (Phi) is 3.99. The van der Waals surface area contributed by atoms with E-state index in [2.05, 4.69) is 21.0 Å².